The van der Waals surface area contributed by atoms with Crippen molar-refractivity contribution in [1.29, 1.82) is 0 Å². The minimum atomic E-state index is -1.27. The number of aromatic amines is 2. The molecule has 4 heterocycles. The van der Waals surface area contributed by atoms with Crippen molar-refractivity contribution >= 4 is 28.5 Å². The summed E-state index contributed by atoms with van der Waals surface area (Å²) in [5.74, 6) is 0.797. The molecule has 3 aromatic rings. The van der Waals surface area contributed by atoms with Crippen LogP contribution in [-0.2, 0) is 16.0 Å². The van der Waals surface area contributed by atoms with Crippen molar-refractivity contribution in [2.24, 2.45) is 0 Å². The van der Waals surface area contributed by atoms with Crippen LogP contribution in [-0.4, -0.2) is 66.3 Å². The lowest BCUT2D eigenvalue weighted by Crippen LogP contribution is -2.58. The fourth-order valence-electron chi connectivity index (χ4n) is 5.15. The van der Waals surface area contributed by atoms with Crippen molar-refractivity contribution in [3.8, 4) is 0 Å². The van der Waals surface area contributed by atoms with E-state index in [1.807, 2.05) is 17.0 Å². The highest BCUT2D eigenvalue weighted by Crippen LogP contribution is 2.43. The zero-order valence-electron chi connectivity index (χ0n) is 19.4. The van der Waals surface area contributed by atoms with Gasteiger partial charge in [-0.15, -0.1) is 0 Å². The Morgan fingerprint density at radius 2 is 2.03 bits per heavy atom. The summed E-state index contributed by atoms with van der Waals surface area (Å²) in [4.78, 5) is 48.6. The minimum Gasteiger partial charge on any atom is -0.386 e. The first-order chi connectivity index (χ1) is 16.6. The molecule has 2 atom stereocenters. The molecule has 0 radical (unpaired) electrons. The van der Waals surface area contributed by atoms with E-state index in [0.717, 1.165) is 16.9 Å². The van der Waals surface area contributed by atoms with Crippen LogP contribution in [0.15, 0.2) is 40.1 Å². The molecule has 0 saturated carbocycles. The van der Waals surface area contributed by atoms with Gasteiger partial charge in [0.15, 0.2) is 0 Å². The molecule has 2 fully saturated rings. The van der Waals surface area contributed by atoms with Crippen LogP contribution in [0.2, 0.25) is 5.02 Å². The lowest BCUT2D eigenvalue weighted by Gasteiger charge is -2.51. The molecule has 11 heteroatoms. The van der Waals surface area contributed by atoms with Crippen molar-refractivity contribution in [2.75, 3.05) is 19.7 Å². The molecular formula is C24H28ClN5O5. The van der Waals surface area contributed by atoms with Crippen molar-refractivity contribution in [3.63, 3.8) is 0 Å². The summed E-state index contributed by atoms with van der Waals surface area (Å²) >= 11 is 6.03. The van der Waals surface area contributed by atoms with Gasteiger partial charge in [0.1, 0.15) is 11.4 Å². The summed E-state index contributed by atoms with van der Waals surface area (Å²) in [6.07, 6.45) is 3.88. The molecule has 0 bridgehead atoms. The summed E-state index contributed by atoms with van der Waals surface area (Å²) in [5, 5.41) is 11.6. The van der Waals surface area contributed by atoms with Crippen LogP contribution in [0.1, 0.15) is 44.5 Å². The number of aliphatic hydroxyl groups is 1. The Bertz CT molecular complexity index is 1370. The van der Waals surface area contributed by atoms with Gasteiger partial charge < -0.3 is 19.7 Å². The van der Waals surface area contributed by atoms with Gasteiger partial charge in [-0.1, -0.05) is 11.6 Å². The highest BCUT2D eigenvalue weighted by Gasteiger charge is 2.49. The van der Waals surface area contributed by atoms with Crippen molar-refractivity contribution in [3.05, 3.63) is 62.1 Å². The zero-order valence-corrected chi connectivity index (χ0v) is 20.2. The van der Waals surface area contributed by atoms with Gasteiger partial charge in [0, 0.05) is 49.6 Å². The van der Waals surface area contributed by atoms with Crippen LogP contribution in [0.3, 0.4) is 0 Å². The first kappa shape index (κ1) is 23.8. The molecule has 186 valence electrons. The molecule has 3 N–H and O–H groups in total. The minimum absolute atomic E-state index is 0.0505. The number of benzene rings is 1. The third kappa shape index (κ3) is 4.78. The standard InChI is InChI=1S/C24H28ClN5O5/c1-23(34)14-35-24(13-18(23)30-9-6-20(31)28-22(30)33)7-10-29(11-8-24)21(32)5-4-19-26-16-3-2-15(25)12-17(16)27-19/h2-3,6,9,12,18,34H,4-5,7-8,10-11,13-14H2,1H3,(H,26,27)(H,28,31,33)/t18-,23-/m0/s1. The number of piperidine rings is 1. The molecule has 1 aromatic carbocycles. The molecule has 2 aromatic heterocycles. The lowest BCUT2D eigenvalue weighted by atomic mass is 9.77. The number of amides is 1. The zero-order chi connectivity index (χ0) is 24.8. The Kier molecular flexibility index (Phi) is 6.06. The summed E-state index contributed by atoms with van der Waals surface area (Å²) < 4.78 is 7.52. The van der Waals surface area contributed by atoms with E-state index in [9.17, 15) is 19.5 Å². The van der Waals surface area contributed by atoms with Crippen LogP contribution in [0.5, 0.6) is 0 Å². The fraction of sp³-hybridized carbons (Fsp3) is 0.500. The Labute approximate surface area is 205 Å². The number of ether oxygens (including phenoxy) is 1. The second kappa shape index (κ2) is 8.92. The quantitative estimate of drug-likeness (QED) is 0.499. The van der Waals surface area contributed by atoms with Crippen molar-refractivity contribution in [1.82, 2.24) is 24.4 Å². The van der Waals surface area contributed by atoms with Gasteiger partial charge in [0.2, 0.25) is 5.91 Å². The third-order valence-corrected chi connectivity index (χ3v) is 7.47. The van der Waals surface area contributed by atoms with E-state index in [1.54, 1.807) is 13.0 Å². The van der Waals surface area contributed by atoms with Crippen LogP contribution in [0, 0.1) is 0 Å². The number of imidazole rings is 1. The maximum atomic E-state index is 12.9. The lowest BCUT2D eigenvalue weighted by molar-refractivity contribution is -0.202. The van der Waals surface area contributed by atoms with Gasteiger partial charge in [-0.2, -0.15) is 0 Å². The van der Waals surface area contributed by atoms with Gasteiger partial charge in [-0.05, 0) is 38.0 Å². The third-order valence-electron chi connectivity index (χ3n) is 7.24. The topological polar surface area (TPSA) is 133 Å². The predicted molar refractivity (Wildman–Crippen MR) is 130 cm³/mol. The molecule has 1 amide bonds. The fourth-order valence-corrected chi connectivity index (χ4v) is 5.32. The summed E-state index contributed by atoms with van der Waals surface area (Å²) in [5.41, 5.74) is -1.18. The number of carbonyl (C=O) groups is 1. The van der Waals surface area contributed by atoms with E-state index in [0.29, 0.717) is 50.2 Å². The molecule has 35 heavy (non-hydrogen) atoms. The number of hydrogen-bond donors (Lipinski definition) is 3. The van der Waals surface area contributed by atoms with Gasteiger partial charge in [-0.25, -0.2) is 9.78 Å². The molecule has 2 aliphatic heterocycles. The number of aromatic nitrogens is 4. The second-order valence-electron chi connectivity index (χ2n) is 9.79. The molecule has 10 nitrogen and oxygen atoms in total. The van der Waals surface area contributed by atoms with Crippen LogP contribution in [0.4, 0.5) is 0 Å². The molecule has 2 aliphatic rings. The number of nitrogens with one attached hydrogen (secondary N) is 2. The van der Waals surface area contributed by atoms with E-state index >= 15 is 0 Å². The molecular weight excluding hydrogens is 474 g/mol. The Hall–Kier alpha value is -2.95. The Morgan fingerprint density at radius 1 is 1.26 bits per heavy atom. The van der Waals surface area contributed by atoms with Gasteiger partial charge in [0.05, 0.1) is 29.3 Å². The maximum Gasteiger partial charge on any atom is 0.328 e. The molecule has 0 unspecified atom stereocenters. The average Bonchev–Trinajstić information content (AvgIpc) is 3.22. The number of carbonyl (C=O) groups excluding carboxylic acids is 1. The number of nitrogens with zero attached hydrogens (tertiary/aromatic N) is 3. The highest BCUT2D eigenvalue weighted by molar-refractivity contribution is 6.31. The van der Waals surface area contributed by atoms with E-state index < -0.39 is 28.5 Å². The van der Waals surface area contributed by atoms with Crippen LogP contribution in [0.25, 0.3) is 11.0 Å². The van der Waals surface area contributed by atoms with Crippen molar-refractivity contribution in [2.45, 2.75) is 56.3 Å². The highest BCUT2D eigenvalue weighted by atomic mass is 35.5. The average molecular weight is 502 g/mol. The molecule has 2 saturated heterocycles. The van der Waals surface area contributed by atoms with E-state index in [1.165, 1.54) is 16.8 Å². The van der Waals surface area contributed by atoms with E-state index in [2.05, 4.69) is 15.0 Å². The molecule has 0 aliphatic carbocycles. The Morgan fingerprint density at radius 3 is 2.77 bits per heavy atom. The number of H-pyrrole nitrogens is 2. The summed E-state index contributed by atoms with van der Waals surface area (Å²) in [6.45, 7) is 2.76. The smallest absolute Gasteiger partial charge is 0.328 e. The summed E-state index contributed by atoms with van der Waals surface area (Å²) in [6, 6.07) is 6.17. The second-order valence-corrected chi connectivity index (χ2v) is 10.2. The molecule has 1 spiro atoms. The van der Waals surface area contributed by atoms with Crippen LogP contribution >= 0.6 is 11.6 Å². The monoisotopic (exact) mass is 501 g/mol. The number of hydrogen-bond acceptors (Lipinski definition) is 6. The van der Waals surface area contributed by atoms with Gasteiger partial charge >= 0.3 is 5.69 Å². The largest absolute Gasteiger partial charge is 0.386 e. The van der Waals surface area contributed by atoms with Gasteiger partial charge in [-0.3, -0.25) is 19.1 Å². The number of aryl methyl sites for hydroxylation is 1. The number of likely N-dealkylation sites (tertiary alicyclic amines) is 1. The van der Waals surface area contributed by atoms with Crippen molar-refractivity contribution < 1.29 is 14.6 Å². The Balaban J connectivity index is 1.22. The normalized spacial score (nSPS) is 24.2. The summed E-state index contributed by atoms with van der Waals surface area (Å²) in [7, 11) is 0. The SMILES string of the molecule is C[C@]1(O)COC2(CCN(C(=O)CCc3nc4ccc(Cl)cc4[nH]3)CC2)C[C@@H]1n1ccc(=O)[nH]c1=O. The predicted octanol–water partition coefficient (Wildman–Crippen LogP) is 1.77. The maximum absolute atomic E-state index is 12.9. The number of fused-ring (bicyclic) bond motifs is 1. The van der Waals surface area contributed by atoms with Gasteiger partial charge in [0.25, 0.3) is 5.56 Å². The van der Waals surface area contributed by atoms with E-state index in [-0.39, 0.29) is 12.5 Å². The molecule has 5 rings (SSSR count). The van der Waals surface area contributed by atoms with Crippen LogP contribution < -0.4 is 11.2 Å². The van der Waals surface area contributed by atoms with E-state index in [4.69, 9.17) is 16.3 Å². The number of rotatable bonds is 4. The number of halogens is 1. The first-order valence-corrected chi connectivity index (χ1v) is 12.1. The first-order valence-electron chi connectivity index (χ1n) is 11.7.